The van der Waals surface area contributed by atoms with Crippen LogP contribution in [0.15, 0.2) is 53.0 Å². The molecule has 2 nitrogen and oxygen atoms in total. The average molecular weight is 431 g/mol. The van der Waals surface area contributed by atoms with Crippen molar-refractivity contribution in [1.82, 2.24) is 0 Å². The van der Waals surface area contributed by atoms with Crippen LogP contribution in [0, 0.1) is 0 Å². The Morgan fingerprint density at radius 3 is 2.25 bits per heavy atom. The zero-order chi connectivity index (χ0) is 20.1. The largest absolute Gasteiger partial charge is 0.489 e. The van der Waals surface area contributed by atoms with Gasteiger partial charge in [-0.3, -0.25) is 0 Å². The van der Waals surface area contributed by atoms with Gasteiger partial charge in [-0.15, -0.1) is 0 Å². The number of benzene rings is 2. The molecule has 28 heavy (non-hydrogen) atoms. The summed E-state index contributed by atoms with van der Waals surface area (Å²) >= 11 is 10.9. The Bertz CT molecular complexity index is 823. The van der Waals surface area contributed by atoms with Crippen molar-refractivity contribution in [3.8, 4) is 17.2 Å². The van der Waals surface area contributed by atoms with Crippen molar-refractivity contribution in [2.75, 3.05) is 6.61 Å². The molecule has 0 amide bonds. The Morgan fingerprint density at radius 2 is 1.64 bits per heavy atom. The molecule has 150 valence electrons. The minimum atomic E-state index is -4.59. The summed E-state index contributed by atoms with van der Waals surface area (Å²) in [6.07, 6.45) is 1.52. The van der Waals surface area contributed by atoms with Crippen LogP contribution in [0.3, 0.4) is 0 Å². The van der Waals surface area contributed by atoms with Crippen molar-refractivity contribution in [2.45, 2.75) is 37.8 Å². The Morgan fingerprint density at radius 1 is 1.00 bits per heavy atom. The van der Waals surface area contributed by atoms with Crippen LogP contribution in [-0.4, -0.2) is 6.61 Å². The fourth-order valence-corrected chi connectivity index (χ4v) is 3.44. The van der Waals surface area contributed by atoms with Gasteiger partial charge in [0.2, 0.25) is 0 Å². The third-order valence-corrected chi connectivity index (χ3v) is 4.98. The van der Waals surface area contributed by atoms with E-state index in [1.165, 1.54) is 49.5 Å². The van der Waals surface area contributed by atoms with Crippen LogP contribution < -0.4 is 9.47 Å². The first-order chi connectivity index (χ1) is 13.3. The van der Waals surface area contributed by atoms with E-state index >= 15 is 0 Å². The highest BCUT2D eigenvalue weighted by Crippen LogP contribution is 2.40. The van der Waals surface area contributed by atoms with Crippen LogP contribution in [0.4, 0.5) is 13.2 Å². The third kappa shape index (κ3) is 5.58. The summed E-state index contributed by atoms with van der Waals surface area (Å²) in [6.45, 7) is -0.172. The van der Waals surface area contributed by atoms with Crippen molar-refractivity contribution in [2.24, 2.45) is 0 Å². The molecule has 0 aliphatic heterocycles. The first-order valence-electron chi connectivity index (χ1n) is 8.96. The number of alkyl halides is 3. The van der Waals surface area contributed by atoms with Crippen LogP contribution >= 0.6 is 23.2 Å². The molecule has 0 radical (unpaired) electrons. The molecule has 0 aromatic heterocycles. The second-order valence-corrected chi connectivity index (χ2v) is 7.62. The molecule has 1 saturated carbocycles. The molecular weight excluding hydrogens is 412 g/mol. The lowest BCUT2D eigenvalue weighted by atomic mass is 9.98. The van der Waals surface area contributed by atoms with E-state index in [1.54, 1.807) is 12.1 Å². The van der Waals surface area contributed by atoms with Gasteiger partial charge in [0.1, 0.15) is 33.9 Å². The smallest absolute Gasteiger partial charge is 0.420 e. The van der Waals surface area contributed by atoms with Gasteiger partial charge in [0.05, 0.1) is 0 Å². The van der Waals surface area contributed by atoms with Gasteiger partial charge in [0.25, 0.3) is 0 Å². The molecule has 0 heterocycles. The van der Waals surface area contributed by atoms with Crippen LogP contribution in [0.5, 0.6) is 17.2 Å². The summed E-state index contributed by atoms with van der Waals surface area (Å²) in [5.74, 6) is 0.819. The Hall–Kier alpha value is -1.85. The predicted molar refractivity (Wildman–Crippen MR) is 104 cm³/mol. The Balaban J connectivity index is 1.75. The summed E-state index contributed by atoms with van der Waals surface area (Å²) in [5.41, 5.74) is 0.322. The van der Waals surface area contributed by atoms with Crippen LogP contribution in [0.1, 0.15) is 42.7 Å². The number of halogens is 5. The maximum absolute atomic E-state index is 13.4. The lowest BCUT2D eigenvalue weighted by molar-refractivity contribution is -0.138. The van der Waals surface area contributed by atoms with Crippen molar-refractivity contribution >= 4 is 23.2 Å². The first-order valence-corrected chi connectivity index (χ1v) is 9.71. The van der Waals surface area contributed by atoms with Gasteiger partial charge in [0.15, 0.2) is 0 Å². The maximum atomic E-state index is 13.4. The maximum Gasteiger partial charge on any atom is 0.420 e. The zero-order valence-electron chi connectivity index (χ0n) is 14.9. The average Bonchev–Trinajstić information content (AvgIpc) is 3.17. The minimum Gasteiger partial charge on any atom is -0.489 e. The van der Waals surface area contributed by atoms with Crippen LogP contribution in [0.25, 0.3) is 0 Å². The number of ether oxygens (including phenoxy) is 2. The highest BCUT2D eigenvalue weighted by molar-refractivity contribution is 6.55. The molecule has 0 spiro atoms. The Kier molecular flexibility index (Phi) is 6.78. The van der Waals surface area contributed by atoms with Crippen molar-refractivity contribution in [1.29, 1.82) is 0 Å². The van der Waals surface area contributed by atoms with Gasteiger partial charge in [-0.05, 0) is 60.7 Å². The molecule has 1 fully saturated rings. The molecule has 0 unspecified atom stereocenters. The topological polar surface area (TPSA) is 18.5 Å². The molecule has 3 rings (SSSR count). The van der Waals surface area contributed by atoms with Gasteiger partial charge < -0.3 is 9.47 Å². The lowest BCUT2D eigenvalue weighted by Crippen LogP contribution is -2.09. The van der Waals surface area contributed by atoms with Gasteiger partial charge in [0, 0.05) is 0 Å². The second kappa shape index (κ2) is 9.10. The summed E-state index contributed by atoms with van der Waals surface area (Å²) < 4.78 is 50.8. The molecule has 1 aliphatic rings. The Labute approximate surface area is 171 Å². The van der Waals surface area contributed by atoms with E-state index in [4.69, 9.17) is 32.7 Å². The first kappa shape index (κ1) is 20.9. The van der Waals surface area contributed by atoms with E-state index < -0.39 is 11.7 Å². The van der Waals surface area contributed by atoms with E-state index in [0.29, 0.717) is 11.7 Å². The van der Waals surface area contributed by atoms with E-state index in [0.717, 1.165) is 6.07 Å². The monoisotopic (exact) mass is 430 g/mol. The molecule has 7 heteroatoms. The van der Waals surface area contributed by atoms with Crippen molar-refractivity contribution in [3.05, 3.63) is 64.2 Å². The summed E-state index contributed by atoms with van der Waals surface area (Å²) in [6, 6.07) is 11.1. The van der Waals surface area contributed by atoms with E-state index in [1.807, 2.05) is 12.1 Å². The van der Waals surface area contributed by atoms with Crippen LogP contribution in [0.2, 0.25) is 0 Å². The second-order valence-electron chi connectivity index (χ2n) is 6.61. The van der Waals surface area contributed by atoms with Gasteiger partial charge in [-0.25, -0.2) is 0 Å². The molecule has 0 atom stereocenters. The quantitative estimate of drug-likeness (QED) is 0.464. The number of hydrogen-bond donors (Lipinski definition) is 0. The van der Waals surface area contributed by atoms with Crippen LogP contribution in [-0.2, 0) is 6.18 Å². The summed E-state index contributed by atoms with van der Waals surface area (Å²) in [4.78, 5) is 0. The molecular formula is C21H19Cl2F3O2. The fourth-order valence-electron chi connectivity index (χ4n) is 3.32. The van der Waals surface area contributed by atoms with E-state index in [9.17, 15) is 13.2 Å². The normalized spacial score (nSPS) is 14.8. The molecule has 2 aromatic rings. The van der Waals surface area contributed by atoms with Crippen molar-refractivity contribution in [3.63, 3.8) is 0 Å². The fraction of sp³-hybridized carbons (Fsp3) is 0.333. The molecule has 0 bridgehead atoms. The highest BCUT2D eigenvalue weighted by atomic mass is 35.5. The number of rotatable bonds is 6. The van der Waals surface area contributed by atoms with Crippen molar-refractivity contribution < 1.29 is 22.6 Å². The minimum absolute atomic E-state index is 0.0745. The molecule has 0 N–H and O–H groups in total. The van der Waals surface area contributed by atoms with Gasteiger partial charge in [-0.2, -0.15) is 13.2 Å². The number of hydrogen-bond acceptors (Lipinski definition) is 2. The third-order valence-electron chi connectivity index (χ3n) is 4.68. The zero-order valence-corrected chi connectivity index (χ0v) is 16.4. The van der Waals surface area contributed by atoms with E-state index in [2.05, 4.69) is 0 Å². The van der Waals surface area contributed by atoms with Gasteiger partial charge >= 0.3 is 6.18 Å². The summed E-state index contributed by atoms with van der Waals surface area (Å²) in [5, 5.41) is 0. The lowest BCUT2D eigenvalue weighted by Gasteiger charge is -2.15. The summed E-state index contributed by atoms with van der Waals surface area (Å²) in [7, 11) is 0. The SMILES string of the molecule is FC(F)(F)c1cc(Oc2ccc(C3CCCC3)cc2)ccc1OCC=C(Cl)Cl. The standard InChI is InChI=1S/C21H19Cl2F3O2/c22-20(23)11-12-27-19-10-9-17(13-18(19)21(24,25)26)28-16-7-5-15(6-8-16)14-3-1-2-4-14/h5-11,13-14H,1-4,12H2. The molecule has 0 saturated heterocycles. The predicted octanol–water partition coefficient (Wildman–Crippen LogP) is 7.85. The van der Waals surface area contributed by atoms with Gasteiger partial charge in [-0.1, -0.05) is 48.2 Å². The molecule has 1 aliphatic carbocycles. The highest BCUT2D eigenvalue weighted by Gasteiger charge is 2.35. The van der Waals surface area contributed by atoms with E-state index in [-0.39, 0.29) is 22.6 Å². The molecule has 2 aromatic carbocycles.